The fourth-order valence-electron chi connectivity index (χ4n) is 1.69. The van der Waals surface area contributed by atoms with Crippen LogP contribution < -0.4 is 5.32 Å². The van der Waals surface area contributed by atoms with Crippen molar-refractivity contribution in [3.8, 4) is 0 Å². The first-order valence-electron chi connectivity index (χ1n) is 6.97. The van der Waals surface area contributed by atoms with Gasteiger partial charge in [-0.1, -0.05) is 20.8 Å². The van der Waals surface area contributed by atoms with E-state index in [9.17, 15) is 14.2 Å². The Hall–Kier alpha value is -0.910. The van der Waals surface area contributed by atoms with Crippen molar-refractivity contribution in [1.82, 2.24) is 5.32 Å². The number of hydrogen-bond acceptors (Lipinski definition) is 6. The molecule has 0 heterocycles. The molecule has 0 aliphatic carbocycles. The van der Waals surface area contributed by atoms with Crippen molar-refractivity contribution in [2.24, 2.45) is 5.41 Å². The lowest BCUT2D eigenvalue weighted by atomic mass is 9.84. The van der Waals surface area contributed by atoms with Gasteiger partial charge in [-0.25, -0.2) is 4.79 Å². The zero-order valence-electron chi connectivity index (χ0n) is 14.7. The minimum absolute atomic E-state index is 0.419. The summed E-state index contributed by atoms with van der Waals surface area (Å²) in [6, 6.07) is -0.874. The van der Waals surface area contributed by atoms with Crippen LogP contribution in [0.2, 0.25) is 0 Å². The maximum Gasteiger partial charge on any atom is 0.408 e. The second kappa shape index (κ2) is 7.57. The highest BCUT2D eigenvalue weighted by molar-refractivity contribution is 7.54. The SMILES string of the molecule is COP(=O)(CC(=O)[C@H](NC(=O)OC(C)(C)C)C(C)(C)C)OC. The zero-order chi connectivity index (χ0) is 17.8. The first-order chi connectivity index (χ1) is 9.74. The molecule has 7 nitrogen and oxygen atoms in total. The van der Waals surface area contributed by atoms with Crippen LogP contribution in [0.4, 0.5) is 4.79 Å². The van der Waals surface area contributed by atoms with Gasteiger partial charge in [0.1, 0.15) is 11.8 Å². The molecule has 0 aromatic heterocycles. The molecule has 0 aromatic rings. The largest absolute Gasteiger partial charge is 0.444 e. The Labute approximate surface area is 132 Å². The Kier molecular flexibility index (Phi) is 7.26. The van der Waals surface area contributed by atoms with Gasteiger partial charge < -0.3 is 19.1 Å². The van der Waals surface area contributed by atoms with E-state index < -0.39 is 42.7 Å². The fourth-order valence-corrected chi connectivity index (χ4v) is 2.66. The molecule has 130 valence electrons. The lowest BCUT2D eigenvalue weighted by molar-refractivity contribution is -0.121. The average Bonchev–Trinajstić information content (AvgIpc) is 2.32. The lowest BCUT2D eigenvalue weighted by Gasteiger charge is -2.31. The Morgan fingerprint density at radius 3 is 1.82 bits per heavy atom. The third-order valence-corrected chi connectivity index (χ3v) is 4.57. The van der Waals surface area contributed by atoms with Gasteiger partial charge >= 0.3 is 13.7 Å². The molecule has 0 bridgehead atoms. The number of hydrogen-bond donors (Lipinski definition) is 1. The second-order valence-corrected chi connectivity index (χ2v) is 9.31. The van der Waals surface area contributed by atoms with Crippen molar-refractivity contribution in [2.75, 3.05) is 20.4 Å². The number of Topliss-reactive ketones (excluding diaryl/α,β-unsaturated/α-hetero) is 1. The molecule has 1 amide bonds. The highest BCUT2D eigenvalue weighted by atomic mass is 31.2. The summed E-state index contributed by atoms with van der Waals surface area (Å²) in [6.07, 6.45) is -1.12. The van der Waals surface area contributed by atoms with Crippen LogP contribution in [-0.2, 0) is 23.1 Å². The van der Waals surface area contributed by atoms with Gasteiger partial charge in [-0.05, 0) is 26.2 Å². The van der Waals surface area contributed by atoms with Crippen LogP contribution in [0.25, 0.3) is 0 Å². The number of carbonyl (C=O) groups excluding carboxylic acids is 2. The van der Waals surface area contributed by atoms with Crippen LogP contribution in [0, 0.1) is 5.41 Å². The van der Waals surface area contributed by atoms with Crippen molar-refractivity contribution in [2.45, 2.75) is 53.2 Å². The third kappa shape index (κ3) is 7.38. The summed E-state index contributed by atoms with van der Waals surface area (Å²) in [7, 11) is -1.06. The Bertz CT molecular complexity index is 441. The van der Waals surface area contributed by atoms with E-state index in [0.717, 1.165) is 0 Å². The van der Waals surface area contributed by atoms with E-state index >= 15 is 0 Å². The smallest absolute Gasteiger partial charge is 0.408 e. The first kappa shape index (κ1) is 21.1. The highest BCUT2D eigenvalue weighted by Gasteiger charge is 2.38. The van der Waals surface area contributed by atoms with Gasteiger partial charge in [-0.3, -0.25) is 9.36 Å². The van der Waals surface area contributed by atoms with Crippen molar-refractivity contribution in [3.05, 3.63) is 0 Å². The van der Waals surface area contributed by atoms with Gasteiger partial charge in [0.25, 0.3) is 0 Å². The quantitative estimate of drug-likeness (QED) is 0.749. The molecule has 0 aliphatic rings. The first-order valence-corrected chi connectivity index (χ1v) is 8.69. The van der Waals surface area contributed by atoms with Crippen LogP contribution in [0.3, 0.4) is 0 Å². The predicted octanol–water partition coefficient (Wildman–Crippen LogP) is 2.98. The normalized spacial score (nSPS) is 14.4. The molecule has 0 spiro atoms. The standard InChI is InChI=1S/C14H28NO6P/c1-13(2,3)11(15-12(17)21-14(4,5)6)10(16)9-22(18,19-7)20-8/h11H,9H2,1-8H3,(H,15,17)/t11-/m0/s1. The van der Waals surface area contributed by atoms with Crippen LogP contribution >= 0.6 is 7.60 Å². The molecule has 0 aliphatic heterocycles. The van der Waals surface area contributed by atoms with Crippen molar-refractivity contribution in [1.29, 1.82) is 0 Å². The van der Waals surface area contributed by atoms with E-state index in [0.29, 0.717) is 0 Å². The highest BCUT2D eigenvalue weighted by Crippen LogP contribution is 2.46. The van der Waals surface area contributed by atoms with Gasteiger partial charge in [0.15, 0.2) is 5.78 Å². The maximum absolute atomic E-state index is 12.4. The topological polar surface area (TPSA) is 90.9 Å². The minimum atomic E-state index is -3.49. The molecule has 0 radical (unpaired) electrons. The predicted molar refractivity (Wildman–Crippen MR) is 84.1 cm³/mol. The van der Waals surface area contributed by atoms with E-state index in [1.165, 1.54) is 14.2 Å². The fraction of sp³-hybridized carbons (Fsp3) is 0.857. The van der Waals surface area contributed by atoms with E-state index in [4.69, 9.17) is 13.8 Å². The van der Waals surface area contributed by atoms with Crippen molar-refractivity contribution >= 4 is 19.5 Å². The van der Waals surface area contributed by atoms with Crippen LogP contribution in [0.15, 0.2) is 0 Å². The summed E-state index contributed by atoms with van der Waals surface area (Å²) in [4.78, 5) is 24.3. The van der Waals surface area contributed by atoms with Gasteiger partial charge in [0.05, 0.1) is 6.04 Å². The monoisotopic (exact) mass is 337 g/mol. The number of rotatable bonds is 6. The van der Waals surface area contributed by atoms with E-state index in [1.807, 2.05) is 0 Å². The summed E-state index contributed by atoms with van der Waals surface area (Å²) in [5.41, 5.74) is -1.26. The van der Waals surface area contributed by atoms with Gasteiger partial charge in [0.2, 0.25) is 0 Å². The van der Waals surface area contributed by atoms with E-state index in [1.54, 1.807) is 41.5 Å². The zero-order valence-corrected chi connectivity index (χ0v) is 15.6. The Morgan fingerprint density at radius 1 is 1.05 bits per heavy atom. The van der Waals surface area contributed by atoms with E-state index in [2.05, 4.69) is 5.32 Å². The molecule has 0 unspecified atom stereocenters. The molecule has 22 heavy (non-hydrogen) atoms. The number of nitrogens with one attached hydrogen (secondary N) is 1. The third-order valence-electron chi connectivity index (χ3n) is 2.75. The summed E-state index contributed by atoms with van der Waals surface area (Å²) >= 11 is 0. The number of carbonyl (C=O) groups is 2. The molecule has 0 saturated carbocycles. The second-order valence-electron chi connectivity index (χ2n) is 7.05. The molecule has 0 fully saturated rings. The van der Waals surface area contributed by atoms with Crippen molar-refractivity contribution in [3.63, 3.8) is 0 Å². The van der Waals surface area contributed by atoms with Gasteiger partial charge in [-0.2, -0.15) is 0 Å². The lowest BCUT2D eigenvalue weighted by Crippen LogP contribution is -2.51. The summed E-state index contributed by atoms with van der Waals surface area (Å²) in [5.74, 6) is -0.439. The average molecular weight is 337 g/mol. The summed E-state index contributed by atoms with van der Waals surface area (Å²) in [5, 5.41) is 2.54. The molecular formula is C14H28NO6P. The Morgan fingerprint density at radius 2 is 1.50 bits per heavy atom. The van der Waals surface area contributed by atoms with Crippen LogP contribution in [-0.4, -0.2) is 43.9 Å². The van der Waals surface area contributed by atoms with Crippen molar-refractivity contribution < 1.29 is 27.9 Å². The number of ether oxygens (including phenoxy) is 1. The molecule has 0 rings (SSSR count). The summed E-state index contributed by atoms with van der Waals surface area (Å²) in [6.45, 7) is 10.5. The van der Waals surface area contributed by atoms with E-state index in [-0.39, 0.29) is 0 Å². The van der Waals surface area contributed by atoms with Crippen LogP contribution in [0.5, 0.6) is 0 Å². The molecular weight excluding hydrogens is 309 g/mol. The molecule has 8 heteroatoms. The number of amides is 1. The Balaban J connectivity index is 5.13. The number of ketones is 1. The molecule has 0 saturated heterocycles. The van der Waals surface area contributed by atoms with Gasteiger partial charge in [-0.15, -0.1) is 0 Å². The summed E-state index contributed by atoms with van der Waals surface area (Å²) < 4.78 is 26.8. The molecule has 1 atom stereocenters. The van der Waals surface area contributed by atoms with Gasteiger partial charge in [0, 0.05) is 14.2 Å². The van der Waals surface area contributed by atoms with Crippen LogP contribution in [0.1, 0.15) is 41.5 Å². The molecule has 1 N–H and O–H groups in total. The maximum atomic E-state index is 12.4. The molecule has 0 aromatic carbocycles. The minimum Gasteiger partial charge on any atom is -0.444 e. The number of alkyl carbamates (subject to hydrolysis) is 1.